The smallest absolute Gasteiger partial charge is 0.0170 e. The Kier molecular flexibility index (Phi) is 1.09. The van der Waals surface area contributed by atoms with Crippen molar-refractivity contribution in [2.75, 3.05) is 0 Å². The normalized spacial score (nSPS) is 66.2. The second kappa shape index (κ2) is 1.76. The molecule has 0 aromatic heterocycles. The molecule has 3 saturated carbocycles. The van der Waals surface area contributed by atoms with Crippen LogP contribution in [0.25, 0.3) is 0 Å². The summed E-state index contributed by atoms with van der Waals surface area (Å²) < 4.78 is 0. The molecule has 0 saturated heterocycles. The first kappa shape index (κ1) is 7.41. The van der Waals surface area contributed by atoms with Crippen LogP contribution >= 0.6 is 0 Å². The lowest BCUT2D eigenvalue weighted by Crippen LogP contribution is -2.14. The molecule has 6 atom stereocenters. The van der Waals surface area contributed by atoms with E-state index in [1.165, 1.54) is 0 Å². The fourth-order valence-corrected chi connectivity index (χ4v) is 4.47. The lowest BCUT2D eigenvalue weighted by Gasteiger charge is -2.19. The van der Waals surface area contributed by atoms with Crippen molar-refractivity contribution in [1.29, 1.82) is 0 Å². The third kappa shape index (κ3) is 0.561. The quantitative estimate of drug-likeness (QED) is 0.588. The second-order valence-electron chi connectivity index (χ2n) is 5.90. The van der Waals surface area contributed by atoms with Gasteiger partial charge in [0.05, 0.1) is 0 Å². The fourth-order valence-electron chi connectivity index (χ4n) is 4.47. The van der Waals surface area contributed by atoms with Gasteiger partial charge in [0.2, 0.25) is 0 Å². The molecule has 3 aliphatic rings. The van der Waals surface area contributed by atoms with Crippen LogP contribution in [-0.2, 0) is 0 Å². The summed E-state index contributed by atoms with van der Waals surface area (Å²) in [6.07, 6.45) is 1.55. The largest absolute Gasteiger partial charge is 0.0625 e. The van der Waals surface area contributed by atoms with Gasteiger partial charge in [-0.2, -0.15) is 0 Å². The maximum Gasteiger partial charge on any atom is -0.0170 e. The molecule has 0 bridgehead atoms. The van der Waals surface area contributed by atoms with E-state index in [9.17, 15) is 0 Å². The third-order valence-electron chi connectivity index (χ3n) is 5.12. The van der Waals surface area contributed by atoms with Crippen molar-refractivity contribution < 1.29 is 0 Å². The van der Waals surface area contributed by atoms with Crippen LogP contribution < -0.4 is 0 Å². The Hall–Kier alpha value is 0. The second-order valence-corrected chi connectivity index (χ2v) is 5.90. The van der Waals surface area contributed by atoms with Gasteiger partial charge in [-0.3, -0.25) is 0 Å². The molecule has 0 amide bonds. The zero-order chi connectivity index (χ0) is 8.67. The maximum absolute atomic E-state index is 2.48. The molecule has 0 aromatic carbocycles. The van der Waals surface area contributed by atoms with Crippen molar-refractivity contribution in [2.24, 2.45) is 40.9 Å². The topological polar surface area (TPSA) is 0 Å². The van der Waals surface area contributed by atoms with E-state index >= 15 is 0 Å². The molecule has 0 spiro atoms. The monoisotopic (exact) mass is 164 g/mol. The molecule has 0 N–H and O–H groups in total. The van der Waals surface area contributed by atoms with Crippen LogP contribution in [0.4, 0.5) is 0 Å². The molecule has 0 aromatic rings. The molecule has 6 unspecified atom stereocenters. The number of rotatable bonds is 2. The predicted molar refractivity (Wildman–Crippen MR) is 50.7 cm³/mol. The van der Waals surface area contributed by atoms with Gasteiger partial charge in [0.25, 0.3) is 0 Å². The third-order valence-corrected chi connectivity index (χ3v) is 5.12. The predicted octanol–water partition coefficient (Wildman–Crippen LogP) is 3.18. The summed E-state index contributed by atoms with van der Waals surface area (Å²) >= 11 is 0. The number of hydrogen-bond acceptors (Lipinski definition) is 0. The Balaban J connectivity index is 1.77. The van der Waals surface area contributed by atoms with Crippen LogP contribution in [0.2, 0.25) is 0 Å². The summed E-state index contributed by atoms with van der Waals surface area (Å²) in [5, 5.41) is 0. The first-order valence-corrected chi connectivity index (χ1v) is 5.61. The zero-order valence-corrected chi connectivity index (χ0v) is 8.67. The molecule has 3 aliphatic carbocycles. The Morgan fingerprint density at radius 2 is 1.83 bits per heavy atom. The molecular weight excluding hydrogens is 144 g/mol. The van der Waals surface area contributed by atoms with Gasteiger partial charge in [0, 0.05) is 0 Å². The first-order valence-electron chi connectivity index (χ1n) is 5.61. The fraction of sp³-hybridized carbons (Fsp3) is 1.00. The number of hydrogen-bond donors (Lipinski definition) is 0. The van der Waals surface area contributed by atoms with Crippen LogP contribution in [0.5, 0.6) is 0 Å². The van der Waals surface area contributed by atoms with Gasteiger partial charge in [-0.05, 0) is 47.3 Å². The molecule has 0 heteroatoms. The Labute approximate surface area is 75.7 Å². The minimum Gasteiger partial charge on any atom is -0.0625 e. The minimum absolute atomic E-state index is 0.896. The van der Waals surface area contributed by atoms with E-state index in [1.807, 2.05) is 0 Å². The van der Waals surface area contributed by atoms with E-state index in [4.69, 9.17) is 0 Å². The highest BCUT2D eigenvalue weighted by atomic mass is 14.9. The van der Waals surface area contributed by atoms with Gasteiger partial charge in [-0.15, -0.1) is 0 Å². The average molecular weight is 164 g/mol. The highest BCUT2D eigenvalue weighted by Crippen LogP contribution is 2.92. The van der Waals surface area contributed by atoms with Gasteiger partial charge in [0.15, 0.2) is 0 Å². The van der Waals surface area contributed by atoms with Gasteiger partial charge < -0.3 is 0 Å². The van der Waals surface area contributed by atoms with Crippen molar-refractivity contribution in [3.05, 3.63) is 0 Å². The maximum atomic E-state index is 2.48. The molecule has 0 aliphatic heterocycles. The Morgan fingerprint density at radius 3 is 2.08 bits per heavy atom. The van der Waals surface area contributed by atoms with Crippen molar-refractivity contribution in [2.45, 2.75) is 34.1 Å². The summed E-state index contributed by atoms with van der Waals surface area (Å²) in [4.78, 5) is 0. The molecule has 68 valence electrons. The van der Waals surface area contributed by atoms with Crippen molar-refractivity contribution in [1.82, 2.24) is 0 Å². The van der Waals surface area contributed by atoms with Crippen LogP contribution in [-0.4, -0.2) is 0 Å². The molecule has 3 fully saturated rings. The number of fused-ring (bicyclic) bond motifs is 1. The van der Waals surface area contributed by atoms with Gasteiger partial charge in [-0.1, -0.05) is 27.7 Å². The molecule has 12 heavy (non-hydrogen) atoms. The van der Waals surface area contributed by atoms with Crippen LogP contribution in [0.1, 0.15) is 34.1 Å². The Morgan fingerprint density at radius 1 is 1.25 bits per heavy atom. The summed E-state index contributed by atoms with van der Waals surface area (Å²) in [6, 6.07) is 0. The molecule has 3 rings (SSSR count). The van der Waals surface area contributed by atoms with Crippen molar-refractivity contribution in [3.63, 3.8) is 0 Å². The average Bonchev–Trinajstić information content (AvgIpc) is 2.80. The summed E-state index contributed by atoms with van der Waals surface area (Å²) in [5.41, 5.74) is 0.896. The molecule has 0 radical (unpaired) electrons. The highest BCUT2D eigenvalue weighted by molar-refractivity contribution is 5.35. The minimum atomic E-state index is 0.896. The van der Waals surface area contributed by atoms with Gasteiger partial charge in [0.1, 0.15) is 0 Å². The molecule has 0 nitrogen and oxygen atoms in total. The van der Waals surface area contributed by atoms with E-state index in [0.29, 0.717) is 0 Å². The zero-order valence-electron chi connectivity index (χ0n) is 8.67. The lowest BCUT2D eigenvalue weighted by atomic mass is 9.86. The summed E-state index contributed by atoms with van der Waals surface area (Å²) in [5.74, 6) is 6.56. The van der Waals surface area contributed by atoms with E-state index in [0.717, 1.165) is 40.9 Å². The van der Waals surface area contributed by atoms with Gasteiger partial charge in [-0.25, -0.2) is 0 Å². The van der Waals surface area contributed by atoms with E-state index < -0.39 is 0 Å². The summed E-state index contributed by atoms with van der Waals surface area (Å²) in [7, 11) is 0. The van der Waals surface area contributed by atoms with E-state index in [2.05, 4.69) is 27.7 Å². The van der Waals surface area contributed by atoms with Crippen molar-refractivity contribution in [3.8, 4) is 0 Å². The van der Waals surface area contributed by atoms with E-state index in [1.54, 1.807) is 6.42 Å². The molecule has 0 heterocycles. The van der Waals surface area contributed by atoms with Crippen LogP contribution in [0, 0.1) is 40.9 Å². The first-order chi connectivity index (χ1) is 5.61. The SMILES string of the molecule is CC(C)C1C2C(C)C12C1CC1C. The van der Waals surface area contributed by atoms with E-state index in [-0.39, 0.29) is 0 Å². The van der Waals surface area contributed by atoms with Crippen molar-refractivity contribution >= 4 is 0 Å². The Bertz CT molecular complexity index is 230. The summed E-state index contributed by atoms with van der Waals surface area (Å²) in [6.45, 7) is 9.75. The van der Waals surface area contributed by atoms with Gasteiger partial charge >= 0.3 is 0 Å². The van der Waals surface area contributed by atoms with Crippen LogP contribution in [0.3, 0.4) is 0 Å². The highest BCUT2D eigenvalue weighted by Gasteiger charge is 2.88. The lowest BCUT2D eigenvalue weighted by molar-refractivity contribution is 0.285. The van der Waals surface area contributed by atoms with Crippen LogP contribution in [0.15, 0.2) is 0 Å². The standard InChI is InChI=1S/C12H20/c1-6(2)10-11-8(4)12(10,11)9-5-7(9)3/h6-11H,5H2,1-4H3. The molecular formula is C12H20.